The summed E-state index contributed by atoms with van der Waals surface area (Å²) < 4.78 is 26.0. The van der Waals surface area contributed by atoms with Crippen LogP contribution in [0.5, 0.6) is 0 Å². The van der Waals surface area contributed by atoms with Crippen molar-refractivity contribution in [3.05, 3.63) is 35.4 Å². The van der Waals surface area contributed by atoms with Crippen LogP contribution < -0.4 is 0 Å². The Hall–Kier alpha value is -1.49. The van der Waals surface area contributed by atoms with Crippen molar-refractivity contribution < 1.29 is 18.7 Å². The van der Waals surface area contributed by atoms with Gasteiger partial charge in [0.15, 0.2) is 11.6 Å². The van der Waals surface area contributed by atoms with Crippen molar-refractivity contribution >= 4 is 5.97 Å². The molecule has 1 aliphatic heterocycles. The molecule has 2 rings (SSSR count). The van der Waals surface area contributed by atoms with Crippen LogP contribution in [0.4, 0.5) is 8.78 Å². The molecule has 5 heteroatoms. The second kappa shape index (κ2) is 5.87. The molecule has 1 aromatic rings. The fourth-order valence-electron chi connectivity index (χ4n) is 2.95. The van der Waals surface area contributed by atoms with Gasteiger partial charge in [-0.2, -0.15) is 0 Å². The van der Waals surface area contributed by atoms with E-state index in [1.165, 1.54) is 6.07 Å². The van der Waals surface area contributed by atoms with Crippen LogP contribution in [0, 0.1) is 17.0 Å². The molecule has 1 fully saturated rings. The van der Waals surface area contributed by atoms with E-state index in [0.29, 0.717) is 38.0 Å². The van der Waals surface area contributed by atoms with Crippen molar-refractivity contribution in [2.45, 2.75) is 32.7 Å². The summed E-state index contributed by atoms with van der Waals surface area (Å²) in [4.78, 5) is 13.5. The first-order chi connectivity index (χ1) is 9.47. The number of likely N-dealkylation sites (tertiary alicyclic amines) is 1. The van der Waals surface area contributed by atoms with Gasteiger partial charge in [0.2, 0.25) is 0 Å². The Morgan fingerprint density at radius 2 is 2.15 bits per heavy atom. The summed E-state index contributed by atoms with van der Waals surface area (Å²) in [5, 5.41) is 9.42. The zero-order chi connectivity index (χ0) is 14.8. The van der Waals surface area contributed by atoms with Crippen molar-refractivity contribution in [3.8, 4) is 0 Å². The van der Waals surface area contributed by atoms with Crippen LogP contribution in [0.3, 0.4) is 0 Å². The molecule has 0 radical (unpaired) electrons. The Bertz CT molecular complexity index is 507. The highest BCUT2D eigenvalue weighted by atomic mass is 19.2. The Kier molecular flexibility index (Phi) is 4.38. The lowest BCUT2D eigenvalue weighted by Gasteiger charge is -2.24. The van der Waals surface area contributed by atoms with Crippen molar-refractivity contribution in [1.82, 2.24) is 4.90 Å². The topological polar surface area (TPSA) is 40.5 Å². The van der Waals surface area contributed by atoms with Gasteiger partial charge in [-0.05, 0) is 37.1 Å². The average molecular weight is 283 g/mol. The van der Waals surface area contributed by atoms with E-state index in [1.54, 1.807) is 6.07 Å². The number of benzene rings is 1. The SMILES string of the molecule is CCCC1(C(=O)O)CCN(Cc2ccc(F)c(F)c2)C1. The summed E-state index contributed by atoms with van der Waals surface area (Å²) in [6.45, 7) is 3.57. The van der Waals surface area contributed by atoms with E-state index in [4.69, 9.17) is 0 Å². The quantitative estimate of drug-likeness (QED) is 0.903. The first-order valence-electron chi connectivity index (χ1n) is 6.86. The van der Waals surface area contributed by atoms with Crippen LogP contribution >= 0.6 is 0 Å². The van der Waals surface area contributed by atoms with E-state index < -0.39 is 23.0 Å². The van der Waals surface area contributed by atoms with Crippen molar-refractivity contribution in [2.24, 2.45) is 5.41 Å². The molecule has 1 aromatic carbocycles. The molecule has 20 heavy (non-hydrogen) atoms. The molecule has 0 bridgehead atoms. The third-order valence-corrected chi connectivity index (χ3v) is 4.01. The number of carboxylic acids is 1. The second-order valence-electron chi connectivity index (χ2n) is 5.54. The molecule has 3 nitrogen and oxygen atoms in total. The van der Waals surface area contributed by atoms with Crippen molar-refractivity contribution in [2.75, 3.05) is 13.1 Å². The number of aliphatic carboxylic acids is 1. The fraction of sp³-hybridized carbons (Fsp3) is 0.533. The minimum Gasteiger partial charge on any atom is -0.481 e. The summed E-state index contributed by atoms with van der Waals surface area (Å²) in [6.07, 6.45) is 2.09. The molecule has 0 spiro atoms. The molecule has 1 unspecified atom stereocenters. The Morgan fingerprint density at radius 1 is 1.40 bits per heavy atom. The zero-order valence-corrected chi connectivity index (χ0v) is 11.5. The summed E-state index contributed by atoms with van der Waals surface area (Å²) in [5.41, 5.74) is -0.0190. The van der Waals surface area contributed by atoms with Gasteiger partial charge in [0.05, 0.1) is 5.41 Å². The zero-order valence-electron chi connectivity index (χ0n) is 11.5. The van der Waals surface area contributed by atoms with E-state index in [1.807, 2.05) is 11.8 Å². The maximum Gasteiger partial charge on any atom is 0.310 e. The van der Waals surface area contributed by atoms with Crippen molar-refractivity contribution in [1.29, 1.82) is 0 Å². The van der Waals surface area contributed by atoms with E-state index >= 15 is 0 Å². The third-order valence-electron chi connectivity index (χ3n) is 4.01. The lowest BCUT2D eigenvalue weighted by atomic mass is 9.83. The number of nitrogens with zero attached hydrogens (tertiary/aromatic N) is 1. The number of carboxylic acid groups (broad SMARTS) is 1. The number of carbonyl (C=O) groups is 1. The van der Waals surface area contributed by atoms with Crippen LogP contribution in [0.15, 0.2) is 18.2 Å². The van der Waals surface area contributed by atoms with Gasteiger partial charge in [-0.15, -0.1) is 0 Å². The molecule has 0 amide bonds. The normalized spacial score (nSPS) is 23.1. The number of hydrogen-bond donors (Lipinski definition) is 1. The largest absolute Gasteiger partial charge is 0.481 e. The molecule has 110 valence electrons. The van der Waals surface area contributed by atoms with Crippen LogP contribution in [0.1, 0.15) is 31.7 Å². The predicted molar refractivity (Wildman–Crippen MR) is 71.2 cm³/mol. The van der Waals surface area contributed by atoms with Crippen LogP contribution in [-0.2, 0) is 11.3 Å². The summed E-state index contributed by atoms with van der Waals surface area (Å²) in [6, 6.07) is 3.83. The Morgan fingerprint density at radius 3 is 2.75 bits per heavy atom. The molecule has 0 aliphatic carbocycles. The van der Waals surface area contributed by atoms with Crippen LogP contribution in [0.25, 0.3) is 0 Å². The van der Waals surface area contributed by atoms with E-state index in [9.17, 15) is 18.7 Å². The molecular formula is C15H19F2NO2. The maximum atomic E-state index is 13.2. The minimum atomic E-state index is -0.861. The number of hydrogen-bond acceptors (Lipinski definition) is 2. The number of halogens is 2. The van der Waals surface area contributed by atoms with E-state index in [0.717, 1.165) is 12.5 Å². The highest BCUT2D eigenvalue weighted by Gasteiger charge is 2.43. The Balaban J connectivity index is 2.05. The van der Waals surface area contributed by atoms with Crippen LogP contribution in [-0.4, -0.2) is 29.1 Å². The maximum absolute atomic E-state index is 13.2. The monoisotopic (exact) mass is 283 g/mol. The van der Waals surface area contributed by atoms with Gasteiger partial charge in [-0.1, -0.05) is 19.4 Å². The molecular weight excluding hydrogens is 264 g/mol. The van der Waals surface area contributed by atoms with E-state index in [2.05, 4.69) is 0 Å². The first-order valence-corrected chi connectivity index (χ1v) is 6.86. The molecule has 1 heterocycles. The molecule has 1 N–H and O–H groups in total. The average Bonchev–Trinajstić information content (AvgIpc) is 2.79. The second-order valence-corrected chi connectivity index (χ2v) is 5.54. The number of rotatable bonds is 5. The predicted octanol–water partition coefficient (Wildman–Crippen LogP) is 3.04. The lowest BCUT2D eigenvalue weighted by Crippen LogP contribution is -2.34. The first kappa shape index (κ1) is 14.9. The van der Waals surface area contributed by atoms with E-state index in [-0.39, 0.29) is 0 Å². The van der Waals surface area contributed by atoms with Gasteiger partial charge in [-0.25, -0.2) is 8.78 Å². The summed E-state index contributed by atoms with van der Waals surface area (Å²) >= 11 is 0. The standard InChI is InChI=1S/C15H19F2NO2/c1-2-5-15(14(19)20)6-7-18(10-15)9-11-3-4-12(16)13(17)8-11/h3-4,8H,2,5-7,9-10H2,1H3,(H,19,20). The highest BCUT2D eigenvalue weighted by Crippen LogP contribution is 2.36. The fourth-order valence-corrected chi connectivity index (χ4v) is 2.95. The van der Waals surface area contributed by atoms with Gasteiger partial charge < -0.3 is 5.11 Å². The van der Waals surface area contributed by atoms with Gasteiger partial charge in [0.25, 0.3) is 0 Å². The lowest BCUT2D eigenvalue weighted by molar-refractivity contribution is -0.148. The van der Waals surface area contributed by atoms with Gasteiger partial charge in [0.1, 0.15) is 0 Å². The molecule has 1 aliphatic rings. The minimum absolute atomic E-state index is 0.454. The summed E-state index contributed by atoms with van der Waals surface area (Å²) in [7, 11) is 0. The molecule has 1 saturated heterocycles. The molecule has 0 saturated carbocycles. The highest BCUT2D eigenvalue weighted by molar-refractivity contribution is 5.75. The van der Waals surface area contributed by atoms with Gasteiger partial charge >= 0.3 is 5.97 Å². The van der Waals surface area contributed by atoms with Crippen LogP contribution in [0.2, 0.25) is 0 Å². The summed E-state index contributed by atoms with van der Waals surface area (Å²) in [5.74, 6) is -2.48. The van der Waals surface area contributed by atoms with Gasteiger partial charge in [-0.3, -0.25) is 9.69 Å². The van der Waals surface area contributed by atoms with Crippen molar-refractivity contribution in [3.63, 3.8) is 0 Å². The smallest absolute Gasteiger partial charge is 0.310 e. The Labute approximate surface area is 117 Å². The third kappa shape index (κ3) is 2.98. The molecule has 0 aromatic heterocycles. The molecule has 1 atom stereocenters. The van der Waals surface area contributed by atoms with Gasteiger partial charge in [0, 0.05) is 13.1 Å².